The lowest BCUT2D eigenvalue weighted by Gasteiger charge is -2.10. The van der Waals surface area contributed by atoms with Crippen LogP contribution in [0.15, 0.2) is 0 Å². The van der Waals surface area contributed by atoms with Crippen LogP contribution in [0.2, 0.25) is 0 Å². The predicted molar refractivity (Wildman–Crippen MR) is 36.6 cm³/mol. The highest BCUT2D eigenvalue weighted by Gasteiger charge is 2.20. The van der Waals surface area contributed by atoms with E-state index in [0.29, 0.717) is 19.4 Å². The van der Waals surface area contributed by atoms with Crippen molar-refractivity contribution in [1.82, 2.24) is 4.90 Å². The minimum absolute atomic E-state index is 0.522. The monoisotopic (exact) mass is 145 g/mol. The van der Waals surface area contributed by atoms with Crippen molar-refractivity contribution in [2.75, 3.05) is 19.6 Å². The first-order valence-corrected chi connectivity index (χ1v) is 3.63. The van der Waals surface area contributed by atoms with E-state index >= 15 is 0 Å². The molecule has 0 aliphatic carbocycles. The summed E-state index contributed by atoms with van der Waals surface area (Å²) in [6, 6.07) is 0. The topological polar surface area (TPSA) is 20.3 Å². The molecule has 3 heteroatoms. The number of rotatable bonds is 3. The first kappa shape index (κ1) is 7.66. The zero-order valence-electron chi connectivity index (χ0n) is 5.92. The van der Waals surface area contributed by atoms with Gasteiger partial charge in [0, 0.05) is 26.1 Å². The van der Waals surface area contributed by atoms with Crippen LogP contribution in [-0.2, 0) is 4.79 Å². The van der Waals surface area contributed by atoms with E-state index in [4.69, 9.17) is 0 Å². The summed E-state index contributed by atoms with van der Waals surface area (Å²) in [6.07, 6.45) is 1.39. The zero-order chi connectivity index (χ0) is 7.40. The molecule has 1 rings (SSSR count). The fourth-order valence-corrected chi connectivity index (χ4v) is 1.22. The van der Waals surface area contributed by atoms with Gasteiger partial charge in [-0.15, -0.1) is 0 Å². The fraction of sp³-hybridized carbons (Fsp3) is 0.857. The van der Waals surface area contributed by atoms with Gasteiger partial charge in [-0.2, -0.15) is 0 Å². The van der Waals surface area contributed by atoms with Crippen molar-refractivity contribution in [3.05, 3.63) is 0 Å². The summed E-state index contributed by atoms with van der Waals surface area (Å²) in [5.74, 6) is 0. The average Bonchev–Trinajstić information content (AvgIpc) is 2.31. The molecule has 1 aliphatic rings. The molecule has 0 aromatic carbocycles. The highest BCUT2D eigenvalue weighted by Crippen LogP contribution is 2.11. The van der Waals surface area contributed by atoms with Crippen molar-refractivity contribution >= 4 is 6.29 Å². The third kappa shape index (κ3) is 2.06. The molecule has 10 heavy (non-hydrogen) atoms. The molecule has 1 saturated heterocycles. The van der Waals surface area contributed by atoms with Gasteiger partial charge in [0.2, 0.25) is 0 Å². The molecular weight excluding hydrogens is 133 g/mol. The molecule has 1 fully saturated rings. The Labute approximate surface area is 60.0 Å². The smallest absolute Gasteiger partial charge is 0.121 e. The van der Waals surface area contributed by atoms with Gasteiger partial charge < -0.3 is 4.79 Å². The second-order valence-electron chi connectivity index (χ2n) is 2.64. The first-order chi connectivity index (χ1) is 4.83. The molecule has 0 N–H and O–H groups in total. The summed E-state index contributed by atoms with van der Waals surface area (Å²) in [7, 11) is 0. The summed E-state index contributed by atoms with van der Waals surface area (Å²) in [4.78, 5) is 11.9. The number of hydrogen-bond acceptors (Lipinski definition) is 2. The number of carbonyl (C=O) groups excluding carboxylic acids is 1. The number of carbonyl (C=O) groups is 1. The first-order valence-electron chi connectivity index (χ1n) is 3.63. The summed E-state index contributed by atoms with van der Waals surface area (Å²) >= 11 is 0. The SMILES string of the molecule is O=CCCN1CC[C@H](F)C1. The Balaban J connectivity index is 2.12. The minimum atomic E-state index is -0.661. The lowest BCUT2D eigenvalue weighted by atomic mass is 10.3. The number of alkyl halides is 1. The quantitative estimate of drug-likeness (QED) is 0.542. The number of halogens is 1. The second kappa shape index (κ2) is 3.66. The number of nitrogens with zero attached hydrogens (tertiary/aromatic N) is 1. The molecular formula is C7H12FNO. The second-order valence-corrected chi connectivity index (χ2v) is 2.64. The average molecular weight is 145 g/mol. The van der Waals surface area contributed by atoms with Gasteiger partial charge in [-0.1, -0.05) is 0 Å². The van der Waals surface area contributed by atoms with Gasteiger partial charge in [0.25, 0.3) is 0 Å². The van der Waals surface area contributed by atoms with Crippen molar-refractivity contribution in [2.45, 2.75) is 19.0 Å². The fourth-order valence-electron chi connectivity index (χ4n) is 1.22. The van der Waals surface area contributed by atoms with Gasteiger partial charge in [0.1, 0.15) is 12.5 Å². The number of aldehydes is 1. The Morgan fingerprint density at radius 2 is 2.50 bits per heavy atom. The molecule has 1 atom stereocenters. The molecule has 0 bridgehead atoms. The largest absolute Gasteiger partial charge is 0.303 e. The van der Waals surface area contributed by atoms with E-state index in [-0.39, 0.29) is 0 Å². The highest BCUT2D eigenvalue weighted by atomic mass is 19.1. The Hall–Kier alpha value is -0.440. The maximum atomic E-state index is 12.5. The summed E-state index contributed by atoms with van der Waals surface area (Å²) in [5.41, 5.74) is 0. The Bertz CT molecular complexity index is 118. The van der Waals surface area contributed by atoms with Crippen LogP contribution >= 0.6 is 0 Å². The summed E-state index contributed by atoms with van der Waals surface area (Å²) in [5, 5.41) is 0. The molecule has 1 aliphatic heterocycles. The molecule has 1 heterocycles. The molecule has 0 aromatic heterocycles. The Morgan fingerprint density at radius 3 is 3.00 bits per heavy atom. The van der Waals surface area contributed by atoms with Gasteiger partial charge >= 0.3 is 0 Å². The summed E-state index contributed by atoms with van der Waals surface area (Å²) < 4.78 is 12.5. The minimum Gasteiger partial charge on any atom is -0.303 e. The molecule has 58 valence electrons. The van der Waals surface area contributed by atoms with E-state index in [1.807, 2.05) is 4.90 Å². The van der Waals surface area contributed by atoms with Crippen LogP contribution in [0, 0.1) is 0 Å². The molecule has 0 amide bonds. The van der Waals surface area contributed by atoms with Crippen LogP contribution < -0.4 is 0 Å². The van der Waals surface area contributed by atoms with Gasteiger partial charge in [-0.3, -0.25) is 4.90 Å². The lowest BCUT2D eigenvalue weighted by molar-refractivity contribution is -0.108. The summed E-state index contributed by atoms with van der Waals surface area (Å²) in [6.45, 7) is 2.06. The standard InChI is InChI=1S/C7H12FNO/c8-7-2-4-9(6-7)3-1-5-10/h5,7H,1-4,6H2/t7-/m0/s1. The molecule has 0 aromatic rings. The van der Waals surface area contributed by atoms with Crippen molar-refractivity contribution in [3.8, 4) is 0 Å². The maximum Gasteiger partial charge on any atom is 0.121 e. The molecule has 0 saturated carbocycles. The molecule has 2 nitrogen and oxygen atoms in total. The van der Waals surface area contributed by atoms with Crippen LogP contribution in [0.4, 0.5) is 4.39 Å². The highest BCUT2D eigenvalue weighted by molar-refractivity contribution is 5.49. The lowest BCUT2D eigenvalue weighted by Crippen LogP contribution is -2.22. The third-order valence-electron chi connectivity index (χ3n) is 1.78. The Kier molecular flexibility index (Phi) is 2.81. The van der Waals surface area contributed by atoms with E-state index in [1.165, 1.54) is 0 Å². The van der Waals surface area contributed by atoms with Crippen LogP contribution in [0.5, 0.6) is 0 Å². The van der Waals surface area contributed by atoms with Gasteiger partial charge in [0.05, 0.1) is 0 Å². The van der Waals surface area contributed by atoms with Crippen molar-refractivity contribution in [2.24, 2.45) is 0 Å². The van der Waals surface area contributed by atoms with E-state index in [9.17, 15) is 9.18 Å². The van der Waals surface area contributed by atoms with Gasteiger partial charge in [0.15, 0.2) is 0 Å². The molecule has 0 unspecified atom stereocenters. The van der Waals surface area contributed by atoms with E-state index in [1.54, 1.807) is 0 Å². The van der Waals surface area contributed by atoms with E-state index < -0.39 is 6.17 Å². The number of likely N-dealkylation sites (tertiary alicyclic amines) is 1. The van der Waals surface area contributed by atoms with Crippen LogP contribution in [0.1, 0.15) is 12.8 Å². The maximum absolute atomic E-state index is 12.5. The zero-order valence-corrected chi connectivity index (χ0v) is 5.92. The van der Waals surface area contributed by atoms with Crippen LogP contribution in [0.3, 0.4) is 0 Å². The van der Waals surface area contributed by atoms with Gasteiger partial charge in [-0.25, -0.2) is 4.39 Å². The van der Waals surface area contributed by atoms with E-state index in [0.717, 1.165) is 19.4 Å². The predicted octanol–water partition coefficient (Wildman–Crippen LogP) is 0.619. The van der Waals surface area contributed by atoms with Crippen molar-refractivity contribution in [1.29, 1.82) is 0 Å². The third-order valence-corrected chi connectivity index (χ3v) is 1.78. The molecule has 0 radical (unpaired) electrons. The van der Waals surface area contributed by atoms with Crippen LogP contribution in [0.25, 0.3) is 0 Å². The van der Waals surface area contributed by atoms with Crippen molar-refractivity contribution < 1.29 is 9.18 Å². The Morgan fingerprint density at radius 1 is 1.70 bits per heavy atom. The molecule has 0 spiro atoms. The van der Waals surface area contributed by atoms with Crippen LogP contribution in [-0.4, -0.2) is 37.0 Å². The number of hydrogen-bond donors (Lipinski definition) is 0. The van der Waals surface area contributed by atoms with Crippen molar-refractivity contribution in [3.63, 3.8) is 0 Å². The normalized spacial score (nSPS) is 27.1. The van der Waals surface area contributed by atoms with Gasteiger partial charge in [-0.05, 0) is 6.42 Å². The van der Waals surface area contributed by atoms with E-state index in [2.05, 4.69) is 0 Å².